The lowest BCUT2D eigenvalue weighted by molar-refractivity contribution is 0.0225. The second kappa shape index (κ2) is 9.78. The van der Waals surface area contributed by atoms with Gasteiger partial charge in [0.1, 0.15) is 16.9 Å². The minimum atomic E-state index is -1.03. The Bertz CT molecular complexity index is 783. The van der Waals surface area contributed by atoms with Crippen LogP contribution >= 0.6 is 0 Å². The summed E-state index contributed by atoms with van der Waals surface area (Å²) in [5.41, 5.74) is 0.546. The van der Waals surface area contributed by atoms with Crippen LogP contribution in [0.3, 0.4) is 0 Å². The van der Waals surface area contributed by atoms with Gasteiger partial charge in [0.15, 0.2) is 0 Å². The highest BCUT2D eigenvalue weighted by Gasteiger charge is 2.22. The fourth-order valence-electron chi connectivity index (χ4n) is 2.57. The van der Waals surface area contributed by atoms with Crippen LogP contribution in [0.2, 0.25) is 0 Å². The molecule has 0 unspecified atom stereocenters. The van der Waals surface area contributed by atoms with Crippen LogP contribution in [-0.4, -0.2) is 40.8 Å². The van der Waals surface area contributed by atoms with Gasteiger partial charge < -0.3 is 19.5 Å². The lowest BCUT2D eigenvalue weighted by atomic mass is 10.2. The van der Waals surface area contributed by atoms with Crippen molar-refractivity contribution in [3.63, 3.8) is 0 Å². The van der Waals surface area contributed by atoms with E-state index >= 15 is 0 Å². The largest absolute Gasteiger partial charge is 0.493 e. The van der Waals surface area contributed by atoms with E-state index in [0.717, 1.165) is 5.56 Å². The van der Waals surface area contributed by atoms with Crippen LogP contribution in [0, 0.1) is 0 Å². The standard InChI is InChI=1S/C22H27NO5/c1-22(2,3)28-21(26)23(16-17-10-5-4-6-11-17)14-9-15-27-19-13-8-7-12-18(19)20(24)25/h4-8,10-13H,9,14-16H2,1-3H3,(H,24,25). The molecule has 2 rings (SSSR count). The molecule has 0 saturated heterocycles. The van der Waals surface area contributed by atoms with Crippen molar-refractivity contribution < 1.29 is 24.2 Å². The molecule has 1 N–H and O–H groups in total. The van der Waals surface area contributed by atoms with Gasteiger partial charge in [0.2, 0.25) is 0 Å². The predicted octanol–water partition coefficient (Wildman–Crippen LogP) is 4.59. The minimum absolute atomic E-state index is 0.121. The van der Waals surface area contributed by atoms with Crippen LogP contribution in [-0.2, 0) is 11.3 Å². The molecule has 2 aromatic rings. The van der Waals surface area contributed by atoms with Crippen molar-refractivity contribution in [1.29, 1.82) is 0 Å². The Labute approximate surface area is 165 Å². The number of ether oxygens (including phenoxy) is 2. The number of para-hydroxylation sites is 1. The van der Waals surface area contributed by atoms with Gasteiger partial charge in [-0.3, -0.25) is 0 Å². The first kappa shape index (κ1) is 21.3. The van der Waals surface area contributed by atoms with Gasteiger partial charge in [0.25, 0.3) is 0 Å². The van der Waals surface area contributed by atoms with Gasteiger partial charge in [-0.15, -0.1) is 0 Å². The van der Waals surface area contributed by atoms with Crippen molar-refractivity contribution in [2.75, 3.05) is 13.2 Å². The smallest absolute Gasteiger partial charge is 0.410 e. The first-order valence-electron chi connectivity index (χ1n) is 9.23. The molecule has 0 fully saturated rings. The number of carbonyl (C=O) groups is 2. The van der Waals surface area contributed by atoms with Crippen LogP contribution in [0.5, 0.6) is 5.75 Å². The summed E-state index contributed by atoms with van der Waals surface area (Å²) in [6.45, 7) is 6.64. The Morgan fingerprint density at radius 2 is 1.64 bits per heavy atom. The van der Waals surface area contributed by atoms with Crippen molar-refractivity contribution in [2.24, 2.45) is 0 Å². The first-order chi connectivity index (χ1) is 13.3. The fourth-order valence-corrected chi connectivity index (χ4v) is 2.57. The average molecular weight is 385 g/mol. The predicted molar refractivity (Wildman–Crippen MR) is 107 cm³/mol. The lowest BCUT2D eigenvalue weighted by Gasteiger charge is -2.27. The molecule has 0 radical (unpaired) electrons. The number of carboxylic acid groups (broad SMARTS) is 1. The number of carboxylic acids is 1. The molecule has 6 nitrogen and oxygen atoms in total. The van der Waals surface area contributed by atoms with E-state index in [0.29, 0.717) is 31.9 Å². The van der Waals surface area contributed by atoms with Gasteiger partial charge >= 0.3 is 12.1 Å². The minimum Gasteiger partial charge on any atom is -0.493 e. The Balaban J connectivity index is 1.96. The molecule has 6 heteroatoms. The van der Waals surface area contributed by atoms with Gasteiger partial charge in [-0.05, 0) is 44.9 Å². The van der Waals surface area contributed by atoms with Crippen molar-refractivity contribution in [3.05, 3.63) is 65.7 Å². The van der Waals surface area contributed by atoms with Crippen LogP contribution in [0.25, 0.3) is 0 Å². The molecule has 2 aromatic carbocycles. The quantitative estimate of drug-likeness (QED) is 0.673. The Kier molecular flexibility index (Phi) is 7.44. The molecule has 0 bridgehead atoms. The third kappa shape index (κ3) is 6.95. The van der Waals surface area contributed by atoms with E-state index in [1.54, 1.807) is 23.1 Å². The van der Waals surface area contributed by atoms with Gasteiger partial charge in [-0.1, -0.05) is 42.5 Å². The normalized spacial score (nSPS) is 11.0. The second-order valence-corrected chi connectivity index (χ2v) is 7.39. The van der Waals surface area contributed by atoms with E-state index in [1.165, 1.54) is 6.07 Å². The zero-order valence-corrected chi connectivity index (χ0v) is 16.6. The first-order valence-corrected chi connectivity index (χ1v) is 9.23. The summed E-state index contributed by atoms with van der Waals surface area (Å²) in [5, 5.41) is 9.21. The summed E-state index contributed by atoms with van der Waals surface area (Å²) in [6, 6.07) is 16.2. The monoisotopic (exact) mass is 385 g/mol. The zero-order valence-electron chi connectivity index (χ0n) is 16.6. The van der Waals surface area contributed by atoms with Crippen LogP contribution in [0.4, 0.5) is 4.79 Å². The number of amides is 1. The maximum atomic E-state index is 12.6. The summed E-state index contributed by atoms with van der Waals surface area (Å²) in [7, 11) is 0. The summed E-state index contributed by atoms with van der Waals surface area (Å²) in [6.07, 6.45) is 0.155. The number of hydrogen-bond acceptors (Lipinski definition) is 4. The number of hydrogen-bond donors (Lipinski definition) is 1. The lowest BCUT2D eigenvalue weighted by Crippen LogP contribution is -2.37. The van der Waals surface area contributed by atoms with Crippen LogP contribution < -0.4 is 4.74 Å². The Hall–Kier alpha value is -3.02. The molecule has 0 aromatic heterocycles. The van der Waals surface area contributed by atoms with E-state index in [2.05, 4.69) is 0 Å². The molecule has 0 aliphatic rings. The van der Waals surface area contributed by atoms with E-state index in [1.807, 2.05) is 51.1 Å². The number of rotatable bonds is 8. The molecule has 0 heterocycles. The summed E-state index contributed by atoms with van der Waals surface area (Å²) in [5.74, 6) is -0.711. The SMILES string of the molecule is CC(C)(C)OC(=O)N(CCCOc1ccccc1C(=O)O)Cc1ccccc1. The highest BCUT2D eigenvalue weighted by molar-refractivity contribution is 5.90. The fraction of sp³-hybridized carbons (Fsp3) is 0.364. The van der Waals surface area contributed by atoms with Gasteiger partial charge in [0.05, 0.1) is 6.61 Å². The molecule has 0 aliphatic heterocycles. The second-order valence-electron chi connectivity index (χ2n) is 7.39. The number of nitrogens with zero attached hydrogens (tertiary/aromatic N) is 1. The van der Waals surface area contributed by atoms with Crippen molar-refractivity contribution in [3.8, 4) is 5.75 Å². The third-order valence-corrected chi connectivity index (χ3v) is 3.82. The molecule has 0 atom stereocenters. The molecule has 0 aliphatic carbocycles. The van der Waals surface area contributed by atoms with Crippen LogP contribution in [0.1, 0.15) is 43.1 Å². The van der Waals surface area contributed by atoms with Gasteiger partial charge in [-0.2, -0.15) is 0 Å². The summed E-state index contributed by atoms with van der Waals surface area (Å²) < 4.78 is 11.1. The summed E-state index contributed by atoms with van der Waals surface area (Å²) >= 11 is 0. The molecular weight excluding hydrogens is 358 g/mol. The topological polar surface area (TPSA) is 76.1 Å². The van der Waals surface area contributed by atoms with E-state index in [-0.39, 0.29) is 11.7 Å². The highest BCUT2D eigenvalue weighted by atomic mass is 16.6. The van der Waals surface area contributed by atoms with Gasteiger partial charge in [-0.25, -0.2) is 9.59 Å². The third-order valence-electron chi connectivity index (χ3n) is 3.82. The number of benzene rings is 2. The van der Waals surface area contributed by atoms with Crippen molar-refractivity contribution in [2.45, 2.75) is 39.3 Å². The molecular formula is C22H27NO5. The van der Waals surface area contributed by atoms with Gasteiger partial charge in [0, 0.05) is 13.1 Å². The van der Waals surface area contributed by atoms with Crippen molar-refractivity contribution >= 4 is 12.1 Å². The molecule has 1 amide bonds. The molecule has 0 spiro atoms. The maximum Gasteiger partial charge on any atom is 0.410 e. The van der Waals surface area contributed by atoms with Crippen LogP contribution in [0.15, 0.2) is 54.6 Å². The zero-order chi connectivity index (χ0) is 20.6. The number of carbonyl (C=O) groups excluding carboxylic acids is 1. The Morgan fingerprint density at radius 3 is 2.29 bits per heavy atom. The molecule has 28 heavy (non-hydrogen) atoms. The highest BCUT2D eigenvalue weighted by Crippen LogP contribution is 2.18. The van der Waals surface area contributed by atoms with E-state index in [4.69, 9.17) is 9.47 Å². The van der Waals surface area contributed by atoms with Crippen molar-refractivity contribution in [1.82, 2.24) is 4.90 Å². The summed E-state index contributed by atoms with van der Waals surface area (Å²) in [4.78, 5) is 25.4. The molecule has 150 valence electrons. The number of aromatic carboxylic acids is 1. The average Bonchev–Trinajstić information content (AvgIpc) is 2.63. The Morgan fingerprint density at radius 1 is 1.00 bits per heavy atom. The maximum absolute atomic E-state index is 12.6. The van der Waals surface area contributed by atoms with E-state index < -0.39 is 11.6 Å². The molecule has 0 saturated carbocycles. The van der Waals surface area contributed by atoms with E-state index in [9.17, 15) is 14.7 Å².